The van der Waals surface area contributed by atoms with E-state index in [4.69, 9.17) is 15.9 Å². The summed E-state index contributed by atoms with van der Waals surface area (Å²) in [5, 5.41) is 25.0. The van der Waals surface area contributed by atoms with Crippen molar-refractivity contribution in [3.05, 3.63) is 0 Å². The predicted octanol–water partition coefficient (Wildman–Crippen LogP) is -1.04. The molecule has 0 aliphatic rings. The van der Waals surface area contributed by atoms with Gasteiger partial charge in [0.15, 0.2) is 0 Å². The van der Waals surface area contributed by atoms with Crippen LogP contribution in [0.1, 0.15) is 40.5 Å². The molecule has 0 aromatic carbocycles. The third kappa shape index (κ3) is 8.99. The second-order valence-corrected chi connectivity index (χ2v) is 7.75. The first-order chi connectivity index (χ1) is 13.8. The minimum Gasteiger partial charge on any atom is -0.481 e. The van der Waals surface area contributed by atoms with Crippen molar-refractivity contribution in [1.29, 1.82) is 0 Å². The third-order valence-electron chi connectivity index (χ3n) is 4.62. The van der Waals surface area contributed by atoms with E-state index in [1.165, 1.54) is 0 Å². The average Bonchev–Trinajstić information content (AvgIpc) is 2.66. The first-order valence-corrected chi connectivity index (χ1v) is 10.2. The Morgan fingerprint density at radius 2 is 1.43 bits per heavy atom. The average molecular weight is 449 g/mol. The lowest BCUT2D eigenvalue weighted by Crippen LogP contribution is -2.59. The highest BCUT2D eigenvalue weighted by Gasteiger charge is 2.33. The minimum absolute atomic E-state index is 0.124. The van der Waals surface area contributed by atoms with Crippen LogP contribution in [0.3, 0.4) is 0 Å². The highest BCUT2D eigenvalue weighted by molar-refractivity contribution is 7.80. The van der Waals surface area contributed by atoms with Crippen molar-refractivity contribution in [2.75, 3.05) is 5.75 Å². The zero-order valence-electron chi connectivity index (χ0n) is 17.5. The fourth-order valence-electron chi connectivity index (χ4n) is 2.40. The molecule has 0 aliphatic heterocycles. The Kier molecular flexibility index (Phi) is 12.0. The van der Waals surface area contributed by atoms with Crippen LogP contribution in [0.5, 0.6) is 0 Å². The van der Waals surface area contributed by atoms with E-state index < -0.39 is 66.2 Å². The number of thiol groups is 1. The molecule has 0 aromatic rings. The monoisotopic (exact) mass is 448 g/mol. The minimum atomic E-state index is -1.54. The number of hydrogen-bond donors (Lipinski definition) is 7. The maximum atomic E-state index is 12.7. The van der Waals surface area contributed by atoms with Gasteiger partial charge < -0.3 is 31.9 Å². The van der Waals surface area contributed by atoms with Crippen LogP contribution >= 0.6 is 12.6 Å². The third-order valence-corrected chi connectivity index (χ3v) is 4.98. The molecule has 172 valence electrons. The largest absolute Gasteiger partial charge is 0.481 e. The van der Waals surface area contributed by atoms with Gasteiger partial charge in [0.1, 0.15) is 18.1 Å². The zero-order chi connectivity index (χ0) is 23.6. The van der Waals surface area contributed by atoms with Gasteiger partial charge in [0.2, 0.25) is 17.7 Å². The number of nitrogens with one attached hydrogen (secondary N) is 3. The summed E-state index contributed by atoms with van der Waals surface area (Å²) in [6.45, 7) is 6.98. The van der Waals surface area contributed by atoms with Crippen molar-refractivity contribution >= 4 is 42.3 Å². The van der Waals surface area contributed by atoms with Crippen LogP contribution in [0.4, 0.5) is 0 Å². The second-order valence-electron chi connectivity index (χ2n) is 7.38. The molecule has 3 amide bonds. The fraction of sp³-hybridized carbons (Fsp3) is 0.722. The Bertz CT molecular complexity index is 644. The van der Waals surface area contributed by atoms with E-state index in [2.05, 4.69) is 28.6 Å². The summed E-state index contributed by atoms with van der Waals surface area (Å²) < 4.78 is 0. The molecule has 0 radical (unpaired) electrons. The summed E-state index contributed by atoms with van der Waals surface area (Å²) in [6, 6.07) is -4.81. The molecule has 30 heavy (non-hydrogen) atoms. The summed E-state index contributed by atoms with van der Waals surface area (Å²) in [6.07, 6.45) is -0.120. The lowest BCUT2D eigenvalue weighted by atomic mass is 9.97. The van der Waals surface area contributed by atoms with E-state index in [1.807, 2.05) is 6.92 Å². The van der Waals surface area contributed by atoms with Crippen LogP contribution in [-0.4, -0.2) is 69.8 Å². The number of carbonyl (C=O) groups excluding carboxylic acids is 3. The number of carboxylic acids is 2. The van der Waals surface area contributed by atoms with Gasteiger partial charge in [-0.1, -0.05) is 34.1 Å². The molecule has 0 saturated heterocycles. The molecule has 0 saturated carbocycles. The number of nitrogens with two attached hydrogens (primary N) is 1. The SMILES string of the molecule is CCC(C)C(N)C(=O)NC(C(=O)NC(CC(=O)O)C(=O)NC(CS)C(=O)O)C(C)C. The number of amides is 3. The quantitative estimate of drug-likeness (QED) is 0.174. The lowest BCUT2D eigenvalue weighted by Gasteiger charge is -2.27. The van der Waals surface area contributed by atoms with Gasteiger partial charge in [-0.2, -0.15) is 12.6 Å². The number of rotatable bonds is 13. The summed E-state index contributed by atoms with van der Waals surface area (Å²) >= 11 is 3.82. The maximum absolute atomic E-state index is 12.7. The zero-order valence-corrected chi connectivity index (χ0v) is 18.4. The Hall–Kier alpha value is -2.34. The first kappa shape index (κ1) is 27.7. The molecule has 0 rings (SSSR count). The van der Waals surface area contributed by atoms with Crippen LogP contribution in [-0.2, 0) is 24.0 Å². The van der Waals surface area contributed by atoms with E-state index in [9.17, 15) is 24.0 Å². The van der Waals surface area contributed by atoms with Crippen molar-refractivity contribution in [2.24, 2.45) is 17.6 Å². The normalized spacial score (nSPS) is 16.0. The number of aliphatic carboxylic acids is 2. The van der Waals surface area contributed by atoms with Crippen molar-refractivity contribution in [1.82, 2.24) is 16.0 Å². The van der Waals surface area contributed by atoms with Gasteiger partial charge in [-0.3, -0.25) is 19.2 Å². The number of hydrogen-bond acceptors (Lipinski definition) is 7. The second kappa shape index (κ2) is 13.1. The van der Waals surface area contributed by atoms with Crippen LogP contribution in [0.2, 0.25) is 0 Å². The van der Waals surface area contributed by atoms with Crippen LogP contribution < -0.4 is 21.7 Å². The first-order valence-electron chi connectivity index (χ1n) is 9.57. The van der Waals surface area contributed by atoms with Crippen LogP contribution in [0.25, 0.3) is 0 Å². The molecule has 7 N–H and O–H groups in total. The summed E-state index contributed by atoms with van der Waals surface area (Å²) in [7, 11) is 0. The smallest absolute Gasteiger partial charge is 0.327 e. The molecule has 0 spiro atoms. The Balaban J connectivity index is 5.40. The van der Waals surface area contributed by atoms with E-state index in [-0.39, 0.29) is 11.7 Å². The van der Waals surface area contributed by atoms with Crippen molar-refractivity contribution < 1.29 is 34.2 Å². The summed E-state index contributed by atoms with van der Waals surface area (Å²) in [5.74, 6) is -5.80. The van der Waals surface area contributed by atoms with E-state index in [0.29, 0.717) is 6.42 Å². The molecule has 0 aromatic heterocycles. The van der Waals surface area contributed by atoms with Gasteiger partial charge in [0.05, 0.1) is 12.5 Å². The molecule has 12 heteroatoms. The Morgan fingerprint density at radius 1 is 0.900 bits per heavy atom. The number of carboxylic acid groups (broad SMARTS) is 2. The van der Waals surface area contributed by atoms with Crippen molar-refractivity contribution in [3.8, 4) is 0 Å². The maximum Gasteiger partial charge on any atom is 0.327 e. The van der Waals surface area contributed by atoms with Gasteiger partial charge in [-0.05, 0) is 11.8 Å². The molecular formula is C18H32N4O7S. The predicted molar refractivity (Wildman–Crippen MR) is 112 cm³/mol. The highest BCUT2D eigenvalue weighted by atomic mass is 32.1. The topological polar surface area (TPSA) is 188 Å². The fourth-order valence-corrected chi connectivity index (χ4v) is 2.65. The molecule has 11 nitrogen and oxygen atoms in total. The lowest BCUT2D eigenvalue weighted by molar-refractivity contribution is -0.143. The molecule has 0 aliphatic carbocycles. The van der Waals surface area contributed by atoms with Crippen molar-refractivity contribution in [3.63, 3.8) is 0 Å². The van der Waals surface area contributed by atoms with E-state index >= 15 is 0 Å². The van der Waals surface area contributed by atoms with E-state index in [1.54, 1.807) is 20.8 Å². The number of carbonyl (C=O) groups is 5. The molecule has 0 fully saturated rings. The molecule has 0 heterocycles. The van der Waals surface area contributed by atoms with Gasteiger partial charge in [-0.25, -0.2) is 4.79 Å². The highest BCUT2D eigenvalue weighted by Crippen LogP contribution is 2.09. The molecule has 5 unspecified atom stereocenters. The Morgan fingerprint density at radius 3 is 1.83 bits per heavy atom. The molecule has 5 atom stereocenters. The Labute approximate surface area is 180 Å². The van der Waals surface area contributed by atoms with Gasteiger partial charge >= 0.3 is 11.9 Å². The van der Waals surface area contributed by atoms with Crippen LogP contribution in [0, 0.1) is 11.8 Å². The van der Waals surface area contributed by atoms with E-state index in [0.717, 1.165) is 0 Å². The van der Waals surface area contributed by atoms with Gasteiger partial charge in [0, 0.05) is 5.75 Å². The molecular weight excluding hydrogens is 416 g/mol. The molecule has 0 bridgehead atoms. The van der Waals surface area contributed by atoms with Gasteiger partial charge in [0.25, 0.3) is 0 Å². The van der Waals surface area contributed by atoms with Crippen molar-refractivity contribution in [2.45, 2.75) is 64.7 Å². The van der Waals surface area contributed by atoms with Gasteiger partial charge in [-0.15, -0.1) is 0 Å². The summed E-state index contributed by atoms with van der Waals surface area (Å²) in [4.78, 5) is 59.6. The standard InChI is InChI=1S/C18H32N4O7S/c1-5-9(4)13(19)16(26)22-14(8(2)3)17(27)20-10(6-12(23)24)15(25)21-11(7-30)18(28)29/h8-11,13-14,30H,5-7,19H2,1-4H3,(H,20,27)(H,21,25)(H,22,26)(H,23,24)(H,28,29). The summed E-state index contributed by atoms with van der Waals surface area (Å²) in [5.41, 5.74) is 5.89. The van der Waals surface area contributed by atoms with Crippen LogP contribution in [0.15, 0.2) is 0 Å².